The molecule has 0 radical (unpaired) electrons. The summed E-state index contributed by atoms with van der Waals surface area (Å²) in [6, 6.07) is 9.62. The van der Waals surface area contributed by atoms with Gasteiger partial charge in [-0.05, 0) is 92.8 Å². The van der Waals surface area contributed by atoms with Crippen molar-refractivity contribution < 1.29 is 13.2 Å². The summed E-state index contributed by atoms with van der Waals surface area (Å²) < 4.78 is 29.8. The summed E-state index contributed by atoms with van der Waals surface area (Å²) in [5.74, 6) is 0.310. The van der Waals surface area contributed by atoms with Crippen LogP contribution < -0.4 is 0 Å². The third-order valence-electron chi connectivity index (χ3n) is 7.18. The number of amides is 1. The number of aryl methyl sites for hydroxylation is 2. The molecule has 34 heavy (non-hydrogen) atoms. The van der Waals surface area contributed by atoms with E-state index in [2.05, 4.69) is 11.2 Å². The zero-order valence-corrected chi connectivity index (χ0v) is 20.7. The van der Waals surface area contributed by atoms with Crippen molar-refractivity contribution in [1.82, 2.24) is 18.8 Å². The zero-order chi connectivity index (χ0) is 23.9. The Morgan fingerprint density at radius 1 is 0.941 bits per heavy atom. The van der Waals surface area contributed by atoms with E-state index in [9.17, 15) is 13.2 Å². The van der Waals surface area contributed by atoms with Gasteiger partial charge in [0.2, 0.25) is 10.0 Å². The second-order valence-electron chi connectivity index (χ2n) is 9.70. The van der Waals surface area contributed by atoms with E-state index < -0.39 is 10.0 Å². The molecule has 3 aromatic rings. The van der Waals surface area contributed by atoms with Crippen molar-refractivity contribution in [2.24, 2.45) is 0 Å². The van der Waals surface area contributed by atoms with Crippen LogP contribution in [-0.2, 0) is 10.0 Å². The van der Waals surface area contributed by atoms with Gasteiger partial charge in [-0.1, -0.05) is 6.07 Å². The third-order valence-corrected chi connectivity index (χ3v) is 9.05. The van der Waals surface area contributed by atoms with Crippen molar-refractivity contribution >= 4 is 21.4 Å². The Labute approximate surface area is 201 Å². The van der Waals surface area contributed by atoms with Gasteiger partial charge in [-0.25, -0.2) is 12.9 Å². The number of carbonyl (C=O) groups excluding carboxylic acids is 1. The van der Waals surface area contributed by atoms with E-state index in [4.69, 9.17) is 0 Å². The van der Waals surface area contributed by atoms with Gasteiger partial charge in [0.15, 0.2) is 0 Å². The topological polar surface area (TPSA) is 75.0 Å². The number of sulfonamides is 1. The maximum Gasteiger partial charge on any atom is 0.257 e. The first-order chi connectivity index (χ1) is 16.3. The van der Waals surface area contributed by atoms with Gasteiger partial charge < -0.3 is 4.90 Å². The van der Waals surface area contributed by atoms with Crippen LogP contribution in [0, 0.1) is 13.8 Å². The molecule has 0 saturated carbocycles. The lowest BCUT2D eigenvalue weighted by atomic mass is 9.90. The molecule has 2 fully saturated rings. The summed E-state index contributed by atoms with van der Waals surface area (Å²) in [7, 11) is -3.50. The fraction of sp³-hybridized carbons (Fsp3) is 0.462. The van der Waals surface area contributed by atoms with Crippen molar-refractivity contribution in [3.63, 3.8) is 0 Å². The molecular weight excluding hydrogens is 448 g/mol. The Morgan fingerprint density at radius 3 is 2.29 bits per heavy atom. The first-order valence-electron chi connectivity index (χ1n) is 12.2. The smallest absolute Gasteiger partial charge is 0.257 e. The van der Waals surface area contributed by atoms with E-state index in [0.29, 0.717) is 23.5 Å². The Bertz CT molecular complexity index is 1300. The minimum Gasteiger partial charge on any atom is -0.339 e. The van der Waals surface area contributed by atoms with E-state index in [0.717, 1.165) is 61.0 Å². The third kappa shape index (κ3) is 4.36. The van der Waals surface area contributed by atoms with E-state index in [-0.39, 0.29) is 11.8 Å². The van der Waals surface area contributed by atoms with Crippen molar-refractivity contribution in [3.8, 4) is 0 Å². The molecule has 0 bridgehead atoms. The number of rotatable bonds is 4. The van der Waals surface area contributed by atoms with E-state index in [1.165, 1.54) is 6.42 Å². The molecule has 4 heterocycles. The van der Waals surface area contributed by atoms with Crippen LogP contribution in [0.15, 0.2) is 47.6 Å². The van der Waals surface area contributed by atoms with Crippen LogP contribution in [0.5, 0.6) is 0 Å². The minimum atomic E-state index is -3.50. The number of fused-ring (bicyclic) bond motifs is 1. The molecule has 1 aromatic carbocycles. The Hall–Kier alpha value is -2.71. The lowest BCUT2D eigenvalue weighted by molar-refractivity contribution is 0.0726. The highest BCUT2D eigenvalue weighted by atomic mass is 32.2. The largest absolute Gasteiger partial charge is 0.339 e. The number of hydrogen-bond donors (Lipinski definition) is 0. The lowest BCUT2D eigenvalue weighted by Crippen LogP contribution is -2.38. The number of pyridine rings is 1. The number of benzene rings is 1. The summed E-state index contributed by atoms with van der Waals surface area (Å²) in [5.41, 5.74) is 4.54. The van der Waals surface area contributed by atoms with Crippen LogP contribution in [0.4, 0.5) is 0 Å². The van der Waals surface area contributed by atoms with Crippen molar-refractivity contribution in [2.45, 2.75) is 56.8 Å². The standard InChI is InChI=1S/C26H32N4O3S/c1-19-14-20(2)16-23(15-19)34(32,33)29-11-6-21(7-12-29)22-8-13-30-25(17-22)24(18-27-30)26(31)28-9-4-3-5-10-28/h8,13-18,21H,3-7,9-12H2,1-2H3. The molecule has 0 aliphatic carbocycles. The average Bonchev–Trinajstić information content (AvgIpc) is 3.27. The van der Waals surface area contributed by atoms with Gasteiger partial charge in [-0.2, -0.15) is 9.40 Å². The molecule has 2 saturated heterocycles. The Kier molecular flexibility index (Phi) is 6.20. The minimum absolute atomic E-state index is 0.0567. The number of hydrogen-bond acceptors (Lipinski definition) is 4. The highest BCUT2D eigenvalue weighted by Crippen LogP contribution is 2.32. The molecule has 0 unspecified atom stereocenters. The number of aromatic nitrogens is 2. The monoisotopic (exact) mass is 480 g/mol. The number of piperidine rings is 2. The summed E-state index contributed by atoms with van der Waals surface area (Å²) in [4.78, 5) is 15.4. The maximum absolute atomic E-state index is 13.2. The SMILES string of the molecule is Cc1cc(C)cc(S(=O)(=O)N2CCC(c3ccn4ncc(C(=O)N5CCCCC5)c4c3)CC2)c1. The molecule has 2 aliphatic heterocycles. The molecule has 0 spiro atoms. The second kappa shape index (κ2) is 9.15. The van der Waals surface area contributed by atoms with Gasteiger partial charge in [0.05, 0.1) is 22.2 Å². The van der Waals surface area contributed by atoms with Gasteiger partial charge in [0.1, 0.15) is 0 Å². The molecule has 0 N–H and O–H groups in total. The van der Waals surface area contributed by atoms with Crippen LogP contribution >= 0.6 is 0 Å². The Balaban J connectivity index is 1.33. The molecule has 7 nitrogen and oxygen atoms in total. The molecule has 2 aromatic heterocycles. The van der Waals surface area contributed by atoms with Gasteiger partial charge >= 0.3 is 0 Å². The van der Waals surface area contributed by atoms with Crippen LogP contribution in [0.25, 0.3) is 5.52 Å². The Morgan fingerprint density at radius 2 is 1.62 bits per heavy atom. The van der Waals surface area contributed by atoms with Crippen molar-refractivity contribution in [3.05, 3.63) is 65.0 Å². The van der Waals surface area contributed by atoms with Crippen LogP contribution in [-0.4, -0.2) is 59.3 Å². The highest BCUT2D eigenvalue weighted by molar-refractivity contribution is 7.89. The van der Waals surface area contributed by atoms with Gasteiger partial charge in [0.25, 0.3) is 5.91 Å². The maximum atomic E-state index is 13.2. The zero-order valence-electron chi connectivity index (χ0n) is 19.9. The molecule has 180 valence electrons. The fourth-order valence-corrected chi connectivity index (χ4v) is 7.00. The molecule has 0 atom stereocenters. The fourth-order valence-electron chi connectivity index (χ4n) is 5.34. The first-order valence-corrected chi connectivity index (χ1v) is 13.6. The first kappa shape index (κ1) is 23.1. The number of likely N-dealkylation sites (tertiary alicyclic amines) is 1. The molecule has 2 aliphatic rings. The second-order valence-corrected chi connectivity index (χ2v) is 11.6. The van der Waals surface area contributed by atoms with Crippen LogP contribution in [0.1, 0.15) is 65.1 Å². The van der Waals surface area contributed by atoms with Crippen molar-refractivity contribution in [2.75, 3.05) is 26.2 Å². The van der Waals surface area contributed by atoms with Crippen molar-refractivity contribution in [1.29, 1.82) is 0 Å². The number of carbonyl (C=O) groups is 1. The highest BCUT2D eigenvalue weighted by Gasteiger charge is 2.31. The molecule has 8 heteroatoms. The molecule has 1 amide bonds. The van der Waals surface area contributed by atoms with Gasteiger partial charge in [-0.3, -0.25) is 4.79 Å². The summed E-state index contributed by atoms with van der Waals surface area (Å²) >= 11 is 0. The normalized spacial score (nSPS) is 18.5. The molecule has 5 rings (SSSR count). The summed E-state index contributed by atoms with van der Waals surface area (Å²) in [6.07, 6.45) is 8.39. The predicted octanol–water partition coefficient (Wildman–Crippen LogP) is 4.15. The van der Waals surface area contributed by atoms with Gasteiger partial charge in [-0.15, -0.1) is 0 Å². The quantitative estimate of drug-likeness (QED) is 0.562. The van der Waals surface area contributed by atoms with E-state index >= 15 is 0 Å². The van der Waals surface area contributed by atoms with Gasteiger partial charge in [0, 0.05) is 32.4 Å². The predicted molar refractivity (Wildman–Crippen MR) is 132 cm³/mol. The average molecular weight is 481 g/mol. The molecular formula is C26H32N4O3S. The van der Waals surface area contributed by atoms with Crippen LogP contribution in [0.2, 0.25) is 0 Å². The number of nitrogens with zero attached hydrogens (tertiary/aromatic N) is 4. The van der Waals surface area contributed by atoms with Crippen LogP contribution in [0.3, 0.4) is 0 Å². The summed E-state index contributed by atoms with van der Waals surface area (Å²) in [6.45, 7) is 6.45. The lowest BCUT2D eigenvalue weighted by Gasteiger charge is -2.31. The van der Waals surface area contributed by atoms with E-state index in [1.807, 2.05) is 37.1 Å². The van der Waals surface area contributed by atoms with E-state index in [1.54, 1.807) is 27.2 Å². The summed E-state index contributed by atoms with van der Waals surface area (Å²) in [5, 5.41) is 4.39.